The number of methoxy groups -OCH3 is 2. The molecule has 1 aliphatic heterocycles. The van der Waals surface area contributed by atoms with Gasteiger partial charge in [-0.3, -0.25) is 0 Å². The Balaban J connectivity index is 0.000000339. The minimum Gasteiger partial charge on any atom is -0.493 e. The van der Waals surface area contributed by atoms with E-state index in [9.17, 15) is 10.2 Å². The van der Waals surface area contributed by atoms with E-state index in [1.165, 1.54) is 17.7 Å². The SMILES string of the molecule is CC.CC.CCCC(C)Sc1ccccc1.COc1ccc(-c2c(CO)c(CO)cc3ccc4c(c23)OCO4)cc1OC. The van der Waals surface area contributed by atoms with Gasteiger partial charge in [0.15, 0.2) is 23.0 Å². The van der Waals surface area contributed by atoms with Gasteiger partial charge in [0.25, 0.3) is 0 Å². The van der Waals surface area contributed by atoms with Gasteiger partial charge in [-0.05, 0) is 70.5 Å². The fourth-order valence-electron chi connectivity index (χ4n) is 4.78. The maximum Gasteiger partial charge on any atom is 0.231 e. The Morgan fingerprint density at radius 2 is 1.53 bits per heavy atom. The van der Waals surface area contributed by atoms with Crippen LogP contribution >= 0.6 is 11.8 Å². The average molecular weight is 609 g/mol. The van der Waals surface area contributed by atoms with Gasteiger partial charge in [-0.15, -0.1) is 11.8 Å². The predicted molar refractivity (Wildman–Crippen MR) is 180 cm³/mol. The van der Waals surface area contributed by atoms with Crippen LogP contribution in [0.2, 0.25) is 0 Å². The molecule has 0 aliphatic carbocycles. The number of hydrogen-bond acceptors (Lipinski definition) is 7. The summed E-state index contributed by atoms with van der Waals surface area (Å²) in [7, 11) is 3.15. The van der Waals surface area contributed by atoms with Gasteiger partial charge in [-0.2, -0.15) is 0 Å². The Bertz CT molecular complexity index is 1390. The zero-order valence-corrected chi connectivity index (χ0v) is 27.7. The van der Waals surface area contributed by atoms with Crippen molar-refractivity contribution in [2.24, 2.45) is 0 Å². The first-order chi connectivity index (χ1) is 21.0. The van der Waals surface area contributed by atoms with Gasteiger partial charge in [-0.1, -0.05) is 78.3 Å². The molecule has 0 radical (unpaired) electrons. The van der Waals surface area contributed by atoms with Crippen molar-refractivity contribution in [3.63, 3.8) is 0 Å². The number of fused-ring (bicyclic) bond motifs is 3. The Labute approximate surface area is 262 Å². The molecule has 0 amide bonds. The maximum atomic E-state index is 10.1. The smallest absolute Gasteiger partial charge is 0.231 e. The van der Waals surface area contributed by atoms with Crippen LogP contribution in [0.5, 0.6) is 23.0 Å². The minimum absolute atomic E-state index is 0.149. The van der Waals surface area contributed by atoms with Crippen molar-refractivity contribution in [3.05, 3.63) is 77.9 Å². The highest BCUT2D eigenvalue weighted by atomic mass is 32.2. The van der Waals surface area contributed by atoms with E-state index in [1.807, 2.05) is 75.9 Å². The lowest BCUT2D eigenvalue weighted by Crippen LogP contribution is -2.01. The monoisotopic (exact) mass is 608 g/mol. The summed E-state index contributed by atoms with van der Waals surface area (Å²) >= 11 is 1.97. The second-order valence-electron chi connectivity index (χ2n) is 9.20. The van der Waals surface area contributed by atoms with Gasteiger partial charge in [0.1, 0.15) is 0 Å². The van der Waals surface area contributed by atoms with Crippen LogP contribution in [0.3, 0.4) is 0 Å². The largest absolute Gasteiger partial charge is 0.493 e. The summed E-state index contributed by atoms with van der Waals surface area (Å²) in [4.78, 5) is 1.39. The van der Waals surface area contributed by atoms with E-state index in [1.54, 1.807) is 14.2 Å². The average Bonchev–Trinajstić information content (AvgIpc) is 3.55. The molecule has 6 nitrogen and oxygen atoms in total. The standard InChI is InChI=1S/C21H20O6.C11H16S.2C2H6/c1-24-16-5-3-13(8-18(16)25-2)19-15(10-23)14(9-22)7-12-4-6-17-21(20(12)19)27-11-26-17;1-3-7-10(2)12-11-8-5-4-6-9-11;2*1-2/h3-8,22-23H,9-11H2,1-2H3;4-6,8-10H,3,7H2,1-2H3;2*1-2H3. The number of rotatable bonds is 9. The molecule has 4 aromatic carbocycles. The highest BCUT2D eigenvalue weighted by Crippen LogP contribution is 2.47. The lowest BCUT2D eigenvalue weighted by Gasteiger charge is -2.18. The molecule has 1 atom stereocenters. The molecular formula is C36H48O6S. The van der Waals surface area contributed by atoms with E-state index in [0.29, 0.717) is 34.1 Å². The third-order valence-electron chi connectivity index (χ3n) is 6.62. The van der Waals surface area contributed by atoms with Crippen molar-refractivity contribution >= 4 is 22.5 Å². The van der Waals surface area contributed by atoms with Crippen molar-refractivity contribution in [1.82, 2.24) is 0 Å². The lowest BCUT2D eigenvalue weighted by atomic mass is 9.89. The third-order valence-corrected chi connectivity index (χ3v) is 7.80. The molecule has 1 unspecified atom stereocenters. The number of ether oxygens (including phenoxy) is 4. The highest BCUT2D eigenvalue weighted by molar-refractivity contribution is 7.99. The van der Waals surface area contributed by atoms with Crippen LogP contribution in [0.25, 0.3) is 21.9 Å². The maximum absolute atomic E-state index is 10.1. The van der Waals surface area contributed by atoms with E-state index in [0.717, 1.165) is 27.1 Å². The molecule has 2 N–H and O–H groups in total. The van der Waals surface area contributed by atoms with Crippen LogP contribution in [-0.4, -0.2) is 36.5 Å². The molecule has 4 aromatic rings. The third kappa shape index (κ3) is 9.05. The quantitative estimate of drug-likeness (QED) is 0.183. The molecule has 0 fully saturated rings. The van der Waals surface area contributed by atoms with Gasteiger partial charge in [-0.25, -0.2) is 0 Å². The Morgan fingerprint density at radius 3 is 2.14 bits per heavy atom. The summed E-state index contributed by atoms with van der Waals surface area (Å²) in [6.45, 7) is 12.3. The molecule has 0 saturated carbocycles. The molecule has 0 bridgehead atoms. The zero-order chi connectivity index (χ0) is 31.8. The zero-order valence-electron chi connectivity index (χ0n) is 26.9. The molecule has 0 saturated heterocycles. The van der Waals surface area contributed by atoms with Gasteiger partial charge in [0.2, 0.25) is 6.79 Å². The molecule has 0 spiro atoms. The first-order valence-electron chi connectivity index (χ1n) is 15.1. The predicted octanol–water partition coefficient (Wildman–Crippen LogP) is 9.26. The van der Waals surface area contributed by atoms with Gasteiger partial charge < -0.3 is 29.2 Å². The molecule has 1 aliphatic rings. The number of hydrogen-bond donors (Lipinski definition) is 2. The first kappa shape index (κ1) is 35.8. The molecule has 5 rings (SSSR count). The van der Waals surface area contributed by atoms with Crippen LogP contribution in [0, 0.1) is 0 Å². The molecule has 7 heteroatoms. The van der Waals surface area contributed by atoms with Crippen molar-refractivity contribution in [3.8, 4) is 34.1 Å². The second-order valence-corrected chi connectivity index (χ2v) is 10.7. The molecule has 43 heavy (non-hydrogen) atoms. The van der Waals surface area contributed by atoms with Gasteiger partial charge in [0.05, 0.1) is 27.4 Å². The van der Waals surface area contributed by atoms with E-state index < -0.39 is 0 Å². The van der Waals surface area contributed by atoms with Crippen LogP contribution < -0.4 is 18.9 Å². The summed E-state index contributed by atoms with van der Waals surface area (Å²) < 4.78 is 22.0. The van der Waals surface area contributed by atoms with Crippen molar-refractivity contribution in [1.29, 1.82) is 0 Å². The minimum atomic E-state index is -0.222. The number of thioether (sulfide) groups is 1. The number of aliphatic hydroxyl groups excluding tert-OH is 2. The van der Waals surface area contributed by atoms with E-state index in [4.69, 9.17) is 18.9 Å². The fraction of sp³-hybridized carbons (Fsp3) is 0.389. The summed E-state index contributed by atoms with van der Waals surface area (Å²) in [6, 6.07) is 21.8. The highest BCUT2D eigenvalue weighted by Gasteiger charge is 2.24. The van der Waals surface area contributed by atoms with Crippen molar-refractivity contribution in [2.45, 2.75) is 77.7 Å². The normalized spacial score (nSPS) is 11.7. The summed E-state index contributed by atoms with van der Waals surface area (Å²) in [6.07, 6.45) is 2.58. The Kier molecular flexibility index (Phi) is 15.8. The Hall–Kier alpha value is -3.39. The van der Waals surface area contributed by atoms with Crippen LogP contribution in [0.1, 0.15) is 65.5 Å². The van der Waals surface area contributed by atoms with E-state index in [-0.39, 0.29) is 20.0 Å². The fourth-order valence-corrected chi connectivity index (χ4v) is 5.91. The molecule has 1 heterocycles. The first-order valence-corrected chi connectivity index (χ1v) is 15.9. The van der Waals surface area contributed by atoms with Crippen molar-refractivity contribution in [2.75, 3.05) is 21.0 Å². The van der Waals surface area contributed by atoms with Crippen LogP contribution in [0.4, 0.5) is 0 Å². The van der Waals surface area contributed by atoms with Gasteiger partial charge >= 0.3 is 0 Å². The Morgan fingerprint density at radius 1 is 0.837 bits per heavy atom. The van der Waals surface area contributed by atoms with Crippen LogP contribution in [0.15, 0.2) is 71.6 Å². The number of benzene rings is 4. The summed E-state index contributed by atoms with van der Waals surface area (Å²) in [5.41, 5.74) is 2.90. The topological polar surface area (TPSA) is 77.4 Å². The van der Waals surface area contributed by atoms with Crippen LogP contribution in [-0.2, 0) is 13.2 Å². The van der Waals surface area contributed by atoms with Crippen molar-refractivity contribution < 1.29 is 29.2 Å². The summed E-state index contributed by atoms with van der Waals surface area (Å²) in [5, 5.41) is 22.4. The van der Waals surface area contributed by atoms with E-state index in [2.05, 4.69) is 44.2 Å². The molecule has 0 aromatic heterocycles. The number of aliphatic hydroxyl groups is 2. The second kappa shape index (κ2) is 19.0. The summed E-state index contributed by atoms with van der Waals surface area (Å²) in [5.74, 6) is 2.48. The molecule has 234 valence electrons. The van der Waals surface area contributed by atoms with Gasteiger partial charge in [0, 0.05) is 15.5 Å². The molecular weight excluding hydrogens is 560 g/mol. The van der Waals surface area contributed by atoms with E-state index >= 15 is 0 Å². The lowest BCUT2D eigenvalue weighted by molar-refractivity contribution is 0.175.